The maximum atomic E-state index is 5.85. The molecule has 78 valence electrons. The Labute approximate surface area is 95.1 Å². The molecule has 5 nitrogen and oxygen atoms in total. The van der Waals surface area contributed by atoms with Crippen LogP contribution in [0.5, 0.6) is 0 Å². The lowest BCUT2D eigenvalue weighted by Gasteiger charge is -1.97. The van der Waals surface area contributed by atoms with Crippen LogP contribution in [0.3, 0.4) is 0 Å². The third kappa shape index (κ3) is 2.04. The number of nitrogen functional groups attached to an aromatic ring is 1. The molecule has 0 bridgehead atoms. The molecule has 0 spiro atoms. The van der Waals surface area contributed by atoms with Gasteiger partial charge in [0, 0.05) is 5.56 Å². The molecule has 0 saturated heterocycles. The maximum absolute atomic E-state index is 5.85. The van der Waals surface area contributed by atoms with E-state index in [2.05, 4.69) is 15.6 Å². The SMILES string of the molecule is NNc1nc(-c2ccc(Cl)c(Cl)c2)no1. The molecule has 7 heteroatoms. The summed E-state index contributed by atoms with van der Waals surface area (Å²) in [5.41, 5.74) is 2.95. The molecule has 0 unspecified atom stereocenters. The first-order valence-electron chi connectivity index (χ1n) is 3.96. The number of hydrazine groups is 1. The summed E-state index contributed by atoms with van der Waals surface area (Å²) in [7, 11) is 0. The van der Waals surface area contributed by atoms with Crippen molar-refractivity contribution < 1.29 is 4.52 Å². The minimum atomic E-state index is 0.135. The van der Waals surface area contributed by atoms with Crippen molar-refractivity contribution in [1.29, 1.82) is 0 Å². The standard InChI is InChI=1S/C8H6Cl2N4O/c9-5-2-1-4(3-6(5)10)7-12-8(13-11)15-14-7/h1-3H,11H2,(H,12,13,14). The van der Waals surface area contributed by atoms with E-state index < -0.39 is 0 Å². The fraction of sp³-hybridized carbons (Fsp3) is 0. The summed E-state index contributed by atoms with van der Waals surface area (Å²) in [6, 6.07) is 5.18. The predicted octanol–water partition coefficient (Wildman–Crippen LogP) is 2.33. The number of benzene rings is 1. The van der Waals surface area contributed by atoms with Gasteiger partial charge in [-0.05, 0) is 18.2 Å². The zero-order chi connectivity index (χ0) is 10.8. The van der Waals surface area contributed by atoms with E-state index in [-0.39, 0.29) is 6.01 Å². The number of halogens is 2. The number of nitrogens with zero attached hydrogens (tertiary/aromatic N) is 2. The fourth-order valence-corrected chi connectivity index (χ4v) is 1.33. The maximum Gasteiger partial charge on any atom is 0.335 e. The van der Waals surface area contributed by atoms with Gasteiger partial charge in [-0.2, -0.15) is 4.98 Å². The molecule has 1 heterocycles. The van der Waals surface area contributed by atoms with Gasteiger partial charge in [0.05, 0.1) is 10.0 Å². The van der Waals surface area contributed by atoms with E-state index in [1.54, 1.807) is 18.2 Å². The third-order valence-corrected chi connectivity index (χ3v) is 2.47. The fourth-order valence-electron chi connectivity index (χ4n) is 1.03. The normalized spacial score (nSPS) is 10.3. The third-order valence-electron chi connectivity index (χ3n) is 1.73. The Kier molecular flexibility index (Phi) is 2.77. The molecule has 0 amide bonds. The van der Waals surface area contributed by atoms with Gasteiger partial charge in [-0.25, -0.2) is 5.84 Å². The summed E-state index contributed by atoms with van der Waals surface area (Å²) in [5, 5.41) is 4.60. The summed E-state index contributed by atoms with van der Waals surface area (Å²) in [6.45, 7) is 0. The second kappa shape index (κ2) is 4.06. The highest BCUT2D eigenvalue weighted by atomic mass is 35.5. The summed E-state index contributed by atoms with van der Waals surface area (Å²) in [5.74, 6) is 5.49. The highest BCUT2D eigenvalue weighted by molar-refractivity contribution is 6.42. The van der Waals surface area contributed by atoms with Crippen LogP contribution >= 0.6 is 23.2 Å². The monoisotopic (exact) mass is 244 g/mol. The van der Waals surface area contributed by atoms with Gasteiger partial charge < -0.3 is 4.52 Å². The molecule has 1 aromatic carbocycles. The quantitative estimate of drug-likeness (QED) is 0.627. The predicted molar refractivity (Wildman–Crippen MR) is 57.6 cm³/mol. The smallest absolute Gasteiger partial charge is 0.314 e. The Hall–Kier alpha value is -1.30. The van der Waals surface area contributed by atoms with Crippen molar-refractivity contribution in [3.05, 3.63) is 28.2 Å². The van der Waals surface area contributed by atoms with Gasteiger partial charge >= 0.3 is 6.01 Å². The van der Waals surface area contributed by atoms with Gasteiger partial charge in [-0.3, -0.25) is 5.43 Å². The van der Waals surface area contributed by atoms with Crippen LogP contribution in [0, 0.1) is 0 Å². The molecule has 0 fully saturated rings. The van der Waals surface area contributed by atoms with Gasteiger partial charge in [-0.15, -0.1) is 0 Å². The highest BCUT2D eigenvalue weighted by Gasteiger charge is 2.08. The van der Waals surface area contributed by atoms with Crippen LogP contribution in [0.1, 0.15) is 0 Å². The Morgan fingerprint density at radius 3 is 2.67 bits per heavy atom. The van der Waals surface area contributed by atoms with Crippen molar-refractivity contribution in [1.82, 2.24) is 10.1 Å². The molecule has 3 N–H and O–H groups in total. The van der Waals surface area contributed by atoms with Gasteiger partial charge in [0.25, 0.3) is 0 Å². The summed E-state index contributed by atoms with van der Waals surface area (Å²) >= 11 is 11.6. The summed E-state index contributed by atoms with van der Waals surface area (Å²) in [6.07, 6.45) is 0. The number of hydrogen-bond acceptors (Lipinski definition) is 5. The highest BCUT2D eigenvalue weighted by Crippen LogP contribution is 2.27. The van der Waals surface area contributed by atoms with E-state index in [4.69, 9.17) is 33.6 Å². The number of nitrogens with two attached hydrogens (primary N) is 1. The van der Waals surface area contributed by atoms with Crippen molar-refractivity contribution in [3.63, 3.8) is 0 Å². The lowest BCUT2D eigenvalue weighted by Crippen LogP contribution is -2.06. The Balaban J connectivity index is 2.40. The molecule has 0 aliphatic heterocycles. The van der Waals surface area contributed by atoms with Crippen molar-refractivity contribution in [2.45, 2.75) is 0 Å². The van der Waals surface area contributed by atoms with E-state index in [0.717, 1.165) is 0 Å². The first-order valence-corrected chi connectivity index (χ1v) is 4.72. The molecule has 2 aromatic rings. The van der Waals surface area contributed by atoms with E-state index in [0.29, 0.717) is 21.4 Å². The van der Waals surface area contributed by atoms with E-state index in [1.165, 1.54) is 0 Å². The molecule has 2 rings (SSSR count). The lowest BCUT2D eigenvalue weighted by atomic mass is 10.2. The molecule has 15 heavy (non-hydrogen) atoms. The number of rotatable bonds is 2. The molecule has 0 aliphatic rings. The average molecular weight is 245 g/mol. The number of anilines is 1. The van der Waals surface area contributed by atoms with Gasteiger partial charge in [0.15, 0.2) is 0 Å². The number of aromatic nitrogens is 2. The van der Waals surface area contributed by atoms with Gasteiger partial charge in [0.1, 0.15) is 0 Å². The molecular weight excluding hydrogens is 239 g/mol. The topological polar surface area (TPSA) is 77.0 Å². The second-order valence-corrected chi connectivity index (χ2v) is 3.51. The van der Waals surface area contributed by atoms with Crippen LogP contribution in [0.15, 0.2) is 22.7 Å². The van der Waals surface area contributed by atoms with Crippen LogP contribution in [-0.4, -0.2) is 10.1 Å². The van der Waals surface area contributed by atoms with Crippen molar-refractivity contribution in [2.75, 3.05) is 5.43 Å². The molecule has 0 saturated carbocycles. The van der Waals surface area contributed by atoms with Gasteiger partial charge in [0.2, 0.25) is 5.82 Å². The molecule has 0 atom stereocenters. The van der Waals surface area contributed by atoms with Gasteiger partial charge in [-0.1, -0.05) is 28.4 Å². The Bertz CT molecular complexity index is 485. The second-order valence-electron chi connectivity index (χ2n) is 2.70. The van der Waals surface area contributed by atoms with Crippen LogP contribution in [0.25, 0.3) is 11.4 Å². The van der Waals surface area contributed by atoms with Crippen LogP contribution in [-0.2, 0) is 0 Å². The molecule has 1 aromatic heterocycles. The first kappa shape index (κ1) is 10.2. The molecule has 0 aliphatic carbocycles. The number of nitrogens with one attached hydrogen (secondary N) is 1. The lowest BCUT2D eigenvalue weighted by molar-refractivity contribution is 0.432. The summed E-state index contributed by atoms with van der Waals surface area (Å²) < 4.78 is 4.77. The molecular formula is C8H6Cl2N4O. The number of hydrogen-bond donors (Lipinski definition) is 2. The zero-order valence-corrected chi connectivity index (χ0v) is 8.88. The van der Waals surface area contributed by atoms with Crippen molar-refractivity contribution >= 4 is 29.2 Å². The Morgan fingerprint density at radius 1 is 1.27 bits per heavy atom. The zero-order valence-electron chi connectivity index (χ0n) is 7.37. The van der Waals surface area contributed by atoms with Crippen LogP contribution in [0.4, 0.5) is 6.01 Å². The van der Waals surface area contributed by atoms with E-state index in [9.17, 15) is 0 Å². The van der Waals surface area contributed by atoms with Crippen molar-refractivity contribution in [3.8, 4) is 11.4 Å². The molecule has 0 radical (unpaired) electrons. The van der Waals surface area contributed by atoms with Crippen LogP contribution < -0.4 is 11.3 Å². The average Bonchev–Trinajstić information content (AvgIpc) is 2.70. The minimum absolute atomic E-state index is 0.135. The Morgan fingerprint density at radius 2 is 2.07 bits per heavy atom. The van der Waals surface area contributed by atoms with E-state index >= 15 is 0 Å². The first-order chi connectivity index (χ1) is 7.20. The summed E-state index contributed by atoms with van der Waals surface area (Å²) in [4.78, 5) is 3.95. The van der Waals surface area contributed by atoms with Crippen molar-refractivity contribution in [2.24, 2.45) is 5.84 Å². The largest absolute Gasteiger partial charge is 0.335 e. The minimum Gasteiger partial charge on any atom is -0.314 e. The van der Waals surface area contributed by atoms with Crippen LogP contribution in [0.2, 0.25) is 10.0 Å². The van der Waals surface area contributed by atoms with E-state index in [1.807, 2.05) is 0 Å².